The Balaban J connectivity index is 1.94. The molecule has 1 N–H and O–H groups in total. The Labute approximate surface area is 131 Å². The van der Waals surface area contributed by atoms with Crippen LogP contribution in [0.25, 0.3) is 5.82 Å². The summed E-state index contributed by atoms with van der Waals surface area (Å²) >= 11 is 1.44. The average Bonchev–Trinajstić information content (AvgIpc) is 2.99. The van der Waals surface area contributed by atoms with Crippen LogP contribution >= 0.6 is 11.8 Å². The molecule has 1 aromatic carbocycles. The first-order chi connectivity index (χ1) is 10.8. The molecule has 0 unspecified atom stereocenters. The van der Waals surface area contributed by atoms with Gasteiger partial charge in [-0.15, -0.1) is 11.8 Å². The topological polar surface area (TPSA) is 68.0 Å². The maximum absolute atomic E-state index is 11.4. The molecule has 0 saturated carbocycles. The number of rotatable bonds is 5. The number of aromatic carboxylic acids is 1. The Hall–Kier alpha value is -2.60. The van der Waals surface area contributed by atoms with Gasteiger partial charge in [-0.2, -0.15) is 5.10 Å². The fourth-order valence-corrected chi connectivity index (χ4v) is 3.05. The molecule has 0 saturated heterocycles. The molecular formula is C16H13N3O2S. The van der Waals surface area contributed by atoms with E-state index < -0.39 is 5.97 Å². The summed E-state index contributed by atoms with van der Waals surface area (Å²) < 4.78 is 1.57. The molecule has 3 rings (SSSR count). The van der Waals surface area contributed by atoms with Crippen molar-refractivity contribution in [2.24, 2.45) is 0 Å². The average molecular weight is 311 g/mol. The van der Waals surface area contributed by atoms with E-state index in [0.717, 1.165) is 5.56 Å². The largest absolute Gasteiger partial charge is 0.478 e. The SMILES string of the molecule is O=C(O)c1cnn(-c2ccccn2)c1SCc1ccccc1. The van der Waals surface area contributed by atoms with E-state index in [2.05, 4.69) is 10.1 Å². The van der Waals surface area contributed by atoms with E-state index in [-0.39, 0.29) is 5.56 Å². The lowest BCUT2D eigenvalue weighted by molar-refractivity contribution is 0.0693. The van der Waals surface area contributed by atoms with E-state index in [1.807, 2.05) is 42.5 Å². The van der Waals surface area contributed by atoms with Crippen molar-refractivity contribution in [3.8, 4) is 5.82 Å². The maximum Gasteiger partial charge on any atom is 0.340 e. The highest BCUT2D eigenvalue weighted by Gasteiger charge is 2.18. The first-order valence-corrected chi connectivity index (χ1v) is 7.63. The molecule has 3 aromatic rings. The minimum atomic E-state index is -0.988. The van der Waals surface area contributed by atoms with Crippen LogP contribution in [-0.4, -0.2) is 25.8 Å². The van der Waals surface area contributed by atoms with E-state index >= 15 is 0 Å². The molecule has 0 radical (unpaired) electrons. The third kappa shape index (κ3) is 3.01. The smallest absolute Gasteiger partial charge is 0.340 e. The molecule has 6 heteroatoms. The van der Waals surface area contributed by atoms with Gasteiger partial charge in [-0.25, -0.2) is 14.5 Å². The van der Waals surface area contributed by atoms with E-state index in [0.29, 0.717) is 16.6 Å². The second kappa shape index (κ2) is 6.44. The van der Waals surface area contributed by atoms with Gasteiger partial charge in [-0.1, -0.05) is 36.4 Å². The maximum atomic E-state index is 11.4. The monoisotopic (exact) mass is 311 g/mol. The summed E-state index contributed by atoms with van der Waals surface area (Å²) in [5, 5.41) is 14.1. The minimum Gasteiger partial charge on any atom is -0.478 e. The summed E-state index contributed by atoms with van der Waals surface area (Å²) in [5.41, 5.74) is 1.31. The van der Waals surface area contributed by atoms with Crippen molar-refractivity contribution in [1.82, 2.24) is 14.8 Å². The highest BCUT2D eigenvalue weighted by atomic mass is 32.2. The Kier molecular flexibility index (Phi) is 4.20. The third-order valence-corrected chi connectivity index (χ3v) is 4.18. The molecule has 0 spiro atoms. The highest BCUT2D eigenvalue weighted by Crippen LogP contribution is 2.28. The number of carboxylic acids is 1. The Morgan fingerprint density at radius 2 is 1.91 bits per heavy atom. The van der Waals surface area contributed by atoms with Crippen LogP contribution in [0, 0.1) is 0 Å². The number of hydrogen-bond donors (Lipinski definition) is 1. The summed E-state index contributed by atoms with van der Waals surface area (Å²) in [6, 6.07) is 15.3. The van der Waals surface area contributed by atoms with Crippen molar-refractivity contribution < 1.29 is 9.90 Å². The van der Waals surface area contributed by atoms with Gasteiger partial charge >= 0.3 is 5.97 Å². The van der Waals surface area contributed by atoms with Crippen LogP contribution in [0.2, 0.25) is 0 Å². The lowest BCUT2D eigenvalue weighted by atomic mass is 10.2. The van der Waals surface area contributed by atoms with Crippen molar-refractivity contribution in [3.63, 3.8) is 0 Å². The first-order valence-electron chi connectivity index (χ1n) is 6.65. The molecule has 0 aliphatic rings. The van der Waals surface area contributed by atoms with Gasteiger partial charge in [0.25, 0.3) is 0 Å². The van der Waals surface area contributed by atoms with Crippen LogP contribution < -0.4 is 0 Å². The molecule has 0 aliphatic carbocycles. The number of nitrogens with zero attached hydrogens (tertiary/aromatic N) is 3. The summed E-state index contributed by atoms with van der Waals surface area (Å²) in [7, 11) is 0. The standard InChI is InChI=1S/C16H13N3O2S/c20-16(21)13-10-18-19(14-8-4-5-9-17-14)15(13)22-11-12-6-2-1-3-7-12/h1-10H,11H2,(H,20,21). The molecular weight excluding hydrogens is 298 g/mol. The van der Waals surface area contributed by atoms with Gasteiger partial charge in [0.1, 0.15) is 10.6 Å². The number of hydrogen-bond acceptors (Lipinski definition) is 4. The zero-order valence-electron chi connectivity index (χ0n) is 11.6. The minimum absolute atomic E-state index is 0.187. The quantitative estimate of drug-likeness (QED) is 0.733. The van der Waals surface area contributed by atoms with Crippen LogP contribution in [0.15, 0.2) is 66.0 Å². The normalized spacial score (nSPS) is 10.5. The zero-order chi connectivity index (χ0) is 15.4. The van der Waals surface area contributed by atoms with Gasteiger partial charge in [0, 0.05) is 11.9 Å². The molecule has 0 fully saturated rings. The van der Waals surface area contributed by atoms with Gasteiger partial charge in [0.15, 0.2) is 5.82 Å². The number of carboxylic acid groups (broad SMARTS) is 1. The van der Waals surface area contributed by atoms with Crippen LogP contribution in [0.3, 0.4) is 0 Å². The van der Waals surface area contributed by atoms with Crippen molar-refractivity contribution in [2.45, 2.75) is 10.8 Å². The van der Waals surface area contributed by atoms with Gasteiger partial charge in [-0.05, 0) is 17.7 Å². The van der Waals surface area contributed by atoms with Gasteiger partial charge < -0.3 is 5.11 Å². The fraction of sp³-hybridized carbons (Fsp3) is 0.0625. The number of pyridine rings is 1. The van der Waals surface area contributed by atoms with E-state index in [9.17, 15) is 9.90 Å². The molecule has 22 heavy (non-hydrogen) atoms. The number of benzene rings is 1. The van der Waals surface area contributed by atoms with Gasteiger partial charge in [-0.3, -0.25) is 0 Å². The number of thioether (sulfide) groups is 1. The summed E-state index contributed by atoms with van der Waals surface area (Å²) in [6.45, 7) is 0. The molecule has 5 nitrogen and oxygen atoms in total. The molecule has 110 valence electrons. The highest BCUT2D eigenvalue weighted by molar-refractivity contribution is 7.98. The predicted molar refractivity (Wildman–Crippen MR) is 84.3 cm³/mol. The Morgan fingerprint density at radius 3 is 2.59 bits per heavy atom. The lowest BCUT2D eigenvalue weighted by Gasteiger charge is -2.07. The van der Waals surface area contributed by atoms with E-state index in [1.54, 1.807) is 16.9 Å². The summed E-state index contributed by atoms with van der Waals surface area (Å²) in [6.07, 6.45) is 3.02. The molecule has 0 bridgehead atoms. The van der Waals surface area contributed by atoms with Crippen LogP contribution in [0.5, 0.6) is 0 Å². The first kappa shape index (κ1) is 14.3. The Morgan fingerprint density at radius 1 is 1.14 bits per heavy atom. The van der Waals surface area contributed by atoms with Gasteiger partial charge in [0.2, 0.25) is 0 Å². The van der Waals surface area contributed by atoms with Crippen molar-refractivity contribution >= 4 is 17.7 Å². The lowest BCUT2D eigenvalue weighted by Crippen LogP contribution is -2.03. The summed E-state index contributed by atoms with van der Waals surface area (Å²) in [5.74, 6) is 0.280. The molecule has 0 amide bonds. The van der Waals surface area contributed by atoms with Crippen molar-refractivity contribution in [1.29, 1.82) is 0 Å². The molecule has 0 aliphatic heterocycles. The van der Waals surface area contributed by atoms with E-state index in [1.165, 1.54) is 18.0 Å². The van der Waals surface area contributed by atoms with Crippen molar-refractivity contribution in [2.75, 3.05) is 0 Å². The van der Waals surface area contributed by atoms with Crippen LogP contribution in [0.4, 0.5) is 0 Å². The van der Waals surface area contributed by atoms with Gasteiger partial charge in [0.05, 0.1) is 6.20 Å². The second-order valence-corrected chi connectivity index (χ2v) is 5.51. The summed E-state index contributed by atoms with van der Waals surface area (Å²) in [4.78, 5) is 15.6. The third-order valence-electron chi connectivity index (χ3n) is 3.04. The van der Waals surface area contributed by atoms with Crippen molar-refractivity contribution in [3.05, 3.63) is 72.1 Å². The predicted octanol–water partition coefficient (Wildman–Crippen LogP) is 3.26. The fourth-order valence-electron chi connectivity index (χ4n) is 1.99. The number of carbonyl (C=O) groups is 1. The van der Waals surface area contributed by atoms with Crippen LogP contribution in [-0.2, 0) is 5.75 Å². The van der Waals surface area contributed by atoms with E-state index in [4.69, 9.17) is 0 Å². The molecule has 2 aromatic heterocycles. The molecule has 0 atom stereocenters. The number of aromatic nitrogens is 3. The second-order valence-electron chi connectivity index (χ2n) is 4.54. The van der Waals surface area contributed by atoms with Crippen LogP contribution in [0.1, 0.15) is 15.9 Å². The Bertz CT molecular complexity index is 773. The molecule has 2 heterocycles. The zero-order valence-corrected chi connectivity index (χ0v) is 12.4.